The van der Waals surface area contributed by atoms with Crippen molar-refractivity contribution >= 4 is 22.7 Å². The van der Waals surface area contributed by atoms with E-state index in [4.69, 9.17) is 0 Å². The molecular weight excluding hydrogens is 360 g/mol. The Hall–Kier alpha value is -3.00. The predicted octanol–water partition coefficient (Wildman–Crippen LogP) is 2.82. The highest BCUT2D eigenvalue weighted by molar-refractivity contribution is 7.98. The first kappa shape index (κ1) is 17.4. The molecule has 2 aromatic heterocycles. The van der Waals surface area contributed by atoms with Crippen molar-refractivity contribution in [1.29, 1.82) is 0 Å². The molecule has 4 rings (SSSR count). The van der Waals surface area contributed by atoms with E-state index in [9.17, 15) is 4.79 Å². The molecule has 0 saturated carbocycles. The van der Waals surface area contributed by atoms with Gasteiger partial charge in [-0.05, 0) is 59.7 Å². The molecule has 4 aromatic rings. The van der Waals surface area contributed by atoms with Gasteiger partial charge in [-0.1, -0.05) is 30.0 Å². The molecule has 0 radical (unpaired) electrons. The summed E-state index contributed by atoms with van der Waals surface area (Å²) >= 11 is 1.45. The van der Waals surface area contributed by atoms with Gasteiger partial charge in [0.1, 0.15) is 5.82 Å². The van der Waals surface area contributed by atoms with E-state index in [1.807, 2.05) is 24.3 Å². The molecule has 7 nitrogen and oxygen atoms in total. The maximum Gasteiger partial charge on any atom is 0.261 e. The van der Waals surface area contributed by atoms with E-state index in [0.717, 1.165) is 5.69 Å². The van der Waals surface area contributed by atoms with Gasteiger partial charge >= 0.3 is 0 Å². The number of aryl methyl sites for hydroxylation is 2. The summed E-state index contributed by atoms with van der Waals surface area (Å²) in [7, 11) is 1.74. The smallest absolute Gasteiger partial charge is 0.261 e. The Morgan fingerprint density at radius 3 is 2.70 bits per heavy atom. The normalized spacial score (nSPS) is 11.2. The van der Waals surface area contributed by atoms with Gasteiger partial charge in [0.2, 0.25) is 5.16 Å². The molecule has 2 aromatic carbocycles. The molecule has 0 aliphatic carbocycles. The van der Waals surface area contributed by atoms with Crippen LogP contribution in [0.1, 0.15) is 17.0 Å². The van der Waals surface area contributed by atoms with Crippen molar-refractivity contribution in [3.8, 4) is 5.69 Å². The van der Waals surface area contributed by atoms with Crippen molar-refractivity contribution in [2.75, 3.05) is 0 Å². The average Bonchev–Trinajstić information content (AvgIpc) is 3.14. The van der Waals surface area contributed by atoms with Gasteiger partial charge in [0.15, 0.2) is 0 Å². The van der Waals surface area contributed by atoms with Crippen LogP contribution in [0, 0.1) is 13.8 Å². The Kier molecular flexibility index (Phi) is 4.49. The number of rotatable bonds is 4. The number of benzene rings is 2. The van der Waals surface area contributed by atoms with Crippen LogP contribution in [0.4, 0.5) is 0 Å². The van der Waals surface area contributed by atoms with Crippen LogP contribution in [-0.2, 0) is 12.8 Å². The van der Waals surface area contributed by atoms with Crippen molar-refractivity contribution in [2.45, 2.75) is 24.8 Å². The van der Waals surface area contributed by atoms with Crippen LogP contribution in [-0.4, -0.2) is 29.8 Å². The lowest BCUT2D eigenvalue weighted by molar-refractivity contribution is 0.752. The molecule has 0 aliphatic rings. The van der Waals surface area contributed by atoms with Gasteiger partial charge in [-0.15, -0.1) is 5.10 Å². The number of nitrogens with zero attached hydrogens (tertiary/aromatic N) is 6. The second-order valence-electron chi connectivity index (χ2n) is 6.34. The summed E-state index contributed by atoms with van der Waals surface area (Å²) in [6.07, 6.45) is 0. The molecule has 0 bridgehead atoms. The van der Waals surface area contributed by atoms with E-state index in [1.165, 1.54) is 22.9 Å². The Balaban J connectivity index is 1.65. The zero-order valence-corrected chi connectivity index (χ0v) is 16.1. The maximum atomic E-state index is 12.5. The fourth-order valence-corrected chi connectivity index (χ4v) is 3.69. The van der Waals surface area contributed by atoms with Crippen LogP contribution in [0.2, 0.25) is 0 Å². The van der Waals surface area contributed by atoms with Crippen molar-refractivity contribution in [1.82, 2.24) is 29.8 Å². The first-order valence-corrected chi connectivity index (χ1v) is 9.46. The van der Waals surface area contributed by atoms with Gasteiger partial charge in [-0.25, -0.2) is 4.98 Å². The molecule has 2 heterocycles. The monoisotopic (exact) mass is 378 g/mol. The molecule has 136 valence electrons. The van der Waals surface area contributed by atoms with Gasteiger partial charge in [-0.2, -0.15) is 4.68 Å². The molecular formula is C19H18N6OS. The lowest BCUT2D eigenvalue weighted by Crippen LogP contribution is -2.22. The molecule has 0 spiro atoms. The number of hydrogen-bond acceptors (Lipinski definition) is 6. The third-order valence-electron chi connectivity index (χ3n) is 4.58. The largest absolute Gasteiger partial charge is 0.299 e. The molecule has 0 amide bonds. The SMILES string of the molecule is Cc1ccc(-n2nnnc2SCc2nc3ccccc3c(=O)n2C)cc1C. The highest BCUT2D eigenvalue weighted by Crippen LogP contribution is 2.23. The van der Waals surface area contributed by atoms with Crippen LogP contribution in [0.5, 0.6) is 0 Å². The van der Waals surface area contributed by atoms with Crippen molar-refractivity contribution in [3.63, 3.8) is 0 Å². The first-order valence-electron chi connectivity index (χ1n) is 8.48. The number of fused-ring (bicyclic) bond motifs is 1. The molecule has 0 N–H and O–H groups in total. The van der Waals surface area contributed by atoms with Crippen LogP contribution >= 0.6 is 11.8 Å². The second-order valence-corrected chi connectivity index (χ2v) is 7.28. The number of thioether (sulfide) groups is 1. The summed E-state index contributed by atoms with van der Waals surface area (Å²) in [4.78, 5) is 17.2. The topological polar surface area (TPSA) is 78.5 Å². The highest BCUT2D eigenvalue weighted by Gasteiger charge is 2.13. The zero-order chi connectivity index (χ0) is 19.0. The van der Waals surface area contributed by atoms with E-state index in [2.05, 4.69) is 46.5 Å². The Labute approximate surface area is 160 Å². The number of tetrazole rings is 1. The molecule has 0 saturated heterocycles. The minimum absolute atomic E-state index is 0.0510. The predicted molar refractivity (Wildman–Crippen MR) is 105 cm³/mol. The Morgan fingerprint density at radius 2 is 1.89 bits per heavy atom. The zero-order valence-electron chi connectivity index (χ0n) is 15.2. The molecule has 0 unspecified atom stereocenters. The second kappa shape index (κ2) is 6.96. The van der Waals surface area contributed by atoms with Crippen LogP contribution in [0.3, 0.4) is 0 Å². The van der Waals surface area contributed by atoms with E-state index in [0.29, 0.717) is 27.6 Å². The summed E-state index contributed by atoms with van der Waals surface area (Å²) in [5, 5.41) is 13.3. The maximum absolute atomic E-state index is 12.5. The lowest BCUT2D eigenvalue weighted by atomic mass is 10.1. The van der Waals surface area contributed by atoms with Gasteiger partial charge in [0.05, 0.1) is 22.3 Å². The van der Waals surface area contributed by atoms with Crippen molar-refractivity contribution < 1.29 is 0 Å². The Bertz CT molecular complexity index is 1200. The Morgan fingerprint density at radius 1 is 1.07 bits per heavy atom. The van der Waals surface area contributed by atoms with E-state index >= 15 is 0 Å². The fourth-order valence-electron chi connectivity index (χ4n) is 2.81. The molecule has 0 fully saturated rings. The summed E-state index contributed by atoms with van der Waals surface area (Å²) in [5.74, 6) is 1.17. The van der Waals surface area contributed by atoms with Gasteiger partial charge in [0.25, 0.3) is 5.56 Å². The number of aromatic nitrogens is 6. The molecule has 27 heavy (non-hydrogen) atoms. The van der Waals surface area contributed by atoms with Crippen molar-refractivity contribution in [2.24, 2.45) is 7.05 Å². The third kappa shape index (κ3) is 3.23. The third-order valence-corrected chi connectivity index (χ3v) is 5.50. The quantitative estimate of drug-likeness (QED) is 0.508. The summed E-state index contributed by atoms with van der Waals surface area (Å²) in [6.45, 7) is 4.13. The first-order chi connectivity index (χ1) is 13.0. The van der Waals surface area contributed by atoms with E-state index in [-0.39, 0.29) is 5.56 Å². The van der Waals surface area contributed by atoms with Crippen LogP contribution in [0.15, 0.2) is 52.4 Å². The fraction of sp³-hybridized carbons (Fsp3) is 0.211. The van der Waals surface area contributed by atoms with Crippen molar-refractivity contribution in [3.05, 3.63) is 69.8 Å². The van der Waals surface area contributed by atoms with Gasteiger partial charge < -0.3 is 0 Å². The number of para-hydroxylation sites is 1. The van der Waals surface area contributed by atoms with Gasteiger partial charge in [-0.3, -0.25) is 9.36 Å². The minimum atomic E-state index is -0.0510. The van der Waals surface area contributed by atoms with E-state index < -0.39 is 0 Å². The summed E-state index contributed by atoms with van der Waals surface area (Å²) in [6, 6.07) is 13.5. The highest BCUT2D eigenvalue weighted by atomic mass is 32.2. The average molecular weight is 378 g/mol. The number of hydrogen-bond donors (Lipinski definition) is 0. The van der Waals surface area contributed by atoms with E-state index in [1.54, 1.807) is 22.4 Å². The van der Waals surface area contributed by atoms with Gasteiger partial charge in [0, 0.05) is 7.05 Å². The lowest BCUT2D eigenvalue weighted by Gasteiger charge is -2.09. The standard InChI is InChI=1S/C19H18N6OS/c1-12-8-9-14(10-13(12)2)25-19(21-22-23-25)27-11-17-20-16-7-5-4-6-15(16)18(26)24(17)3/h4-10H,11H2,1-3H3. The minimum Gasteiger partial charge on any atom is -0.299 e. The molecule has 0 aliphatic heterocycles. The molecule has 0 atom stereocenters. The summed E-state index contributed by atoms with van der Waals surface area (Å²) < 4.78 is 3.29. The van der Waals surface area contributed by atoms with Crippen LogP contribution in [0.25, 0.3) is 16.6 Å². The van der Waals surface area contributed by atoms with Crippen LogP contribution < -0.4 is 5.56 Å². The summed E-state index contributed by atoms with van der Waals surface area (Å²) in [5.41, 5.74) is 3.95. The molecule has 8 heteroatoms.